The first-order valence-corrected chi connectivity index (χ1v) is 5.26. The molecule has 1 nitrogen and oxygen atoms in total. The van der Waals surface area contributed by atoms with E-state index >= 15 is 0 Å². The van der Waals surface area contributed by atoms with Crippen molar-refractivity contribution in [1.29, 1.82) is 0 Å². The third-order valence-electron chi connectivity index (χ3n) is 4.10. The molecule has 4 atom stereocenters. The molecule has 0 amide bonds. The van der Waals surface area contributed by atoms with E-state index < -0.39 is 0 Å². The fourth-order valence-corrected chi connectivity index (χ4v) is 3.44. The molecule has 0 radical (unpaired) electrons. The van der Waals surface area contributed by atoms with Gasteiger partial charge in [0.05, 0.1) is 7.11 Å². The third-order valence-corrected chi connectivity index (χ3v) is 4.10. The molecular weight excluding hydrogens is 172 g/mol. The molecule has 0 N–H and O–H groups in total. The maximum absolute atomic E-state index is 5.27. The first-order valence-electron chi connectivity index (χ1n) is 5.26. The van der Waals surface area contributed by atoms with Crippen LogP contribution in [0.3, 0.4) is 0 Å². The van der Waals surface area contributed by atoms with Crippen LogP contribution in [0.4, 0.5) is 0 Å². The Hall–Kier alpha value is -1.24. The summed E-state index contributed by atoms with van der Waals surface area (Å²) < 4.78 is 5.27. The summed E-state index contributed by atoms with van der Waals surface area (Å²) in [6.45, 7) is 0. The van der Waals surface area contributed by atoms with Crippen molar-refractivity contribution in [3.05, 3.63) is 41.5 Å². The Labute approximate surface area is 83.4 Å². The predicted molar refractivity (Wildman–Crippen MR) is 54.6 cm³/mol. The van der Waals surface area contributed by atoms with Crippen LogP contribution in [0, 0.1) is 11.8 Å². The molecule has 1 heteroatoms. The van der Waals surface area contributed by atoms with Crippen LogP contribution in [-0.2, 0) is 0 Å². The fourth-order valence-electron chi connectivity index (χ4n) is 3.44. The first kappa shape index (κ1) is 7.10. The Balaban J connectivity index is 1.92. The molecule has 1 fully saturated rings. The molecule has 0 heterocycles. The summed E-state index contributed by atoms with van der Waals surface area (Å²) in [6, 6.07) is 6.58. The summed E-state index contributed by atoms with van der Waals surface area (Å²) in [7, 11) is 1.74. The number of methoxy groups -OCH3 is 1. The largest absolute Gasteiger partial charge is 0.497 e. The van der Waals surface area contributed by atoms with Gasteiger partial charge >= 0.3 is 0 Å². The van der Waals surface area contributed by atoms with E-state index in [4.69, 9.17) is 4.74 Å². The van der Waals surface area contributed by atoms with Crippen molar-refractivity contribution in [2.24, 2.45) is 11.8 Å². The van der Waals surface area contributed by atoms with Crippen molar-refractivity contribution in [2.75, 3.05) is 7.11 Å². The lowest BCUT2D eigenvalue weighted by molar-refractivity contribution is 0.414. The Morgan fingerprint density at radius 2 is 2.07 bits per heavy atom. The van der Waals surface area contributed by atoms with Gasteiger partial charge in [0, 0.05) is 5.92 Å². The second-order valence-electron chi connectivity index (χ2n) is 4.59. The van der Waals surface area contributed by atoms with Gasteiger partial charge in [-0.25, -0.2) is 0 Å². The van der Waals surface area contributed by atoms with Crippen molar-refractivity contribution < 1.29 is 4.74 Å². The molecule has 4 rings (SSSR count). The van der Waals surface area contributed by atoms with E-state index in [1.54, 1.807) is 12.7 Å². The molecule has 0 aromatic heterocycles. The minimum Gasteiger partial charge on any atom is -0.497 e. The monoisotopic (exact) mass is 184 g/mol. The average Bonchev–Trinajstić information content (AvgIpc) is 2.68. The van der Waals surface area contributed by atoms with Crippen LogP contribution in [0.5, 0.6) is 5.75 Å². The highest BCUT2D eigenvalue weighted by molar-refractivity contribution is 5.56. The van der Waals surface area contributed by atoms with Crippen LogP contribution in [0.1, 0.15) is 23.0 Å². The van der Waals surface area contributed by atoms with Gasteiger partial charge in [0.15, 0.2) is 0 Å². The van der Waals surface area contributed by atoms with Crippen molar-refractivity contribution in [2.45, 2.75) is 11.8 Å². The lowest BCUT2D eigenvalue weighted by atomic mass is 9.98. The lowest BCUT2D eigenvalue weighted by Gasteiger charge is -2.09. The molecule has 3 aliphatic carbocycles. The zero-order chi connectivity index (χ0) is 9.28. The highest BCUT2D eigenvalue weighted by Gasteiger charge is 2.61. The molecule has 70 valence electrons. The highest BCUT2D eigenvalue weighted by Crippen LogP contribution is 2.71. The van der Waals surface area contributed by atoms with Gasteiger partial charge in [0.25, 0.3) is 0 Å². The number of rotatable bonds is 1. The van der Waals surface area contributed by atoms with E-state index in [2.05, 4.69) is 30.4 Å². The van der Waals surface area contributed by atoms with E-state index in [9.17, 15) is 0 Å². The number of hydrogen-bond acceptors (Lipinski definition) is 1. The molecule has 1 aromatic carbocycles. The van der Waals surface area contributed by atoms with Gasteiger partial charge in [-0.3, -0.25) is 0 Å². The van der Waals surface area contributed by atoms with Crippen molar-refractivity contribution >= 4 is 0 Å². The average molecular weight is 184 g/mol. The van der Waals surface area contributed by atoms with E-state index in [1.807, 2.05) is 0 Å². The molecule has 3 aliphatic rings. The van der Waals surface area contributed by atoms with Crippen LogP contribution in [0.2, 0.25) is 0 Å². The zero-order valence-electron chi connectivity index (χ0n) is 8.10. The van der Waals surface area contributed by atoms with E-state index in [0.29, 0.717) is 5.92 Å². The number of fused-ring (bicyclic) bond motifs is 4. The summed E-state index contributed by atoms with van der Waals surface area (Å²) in [6.07, 6.45) is 4.80. The molecular formula is C13H12O. The van der Waals surface area contributed by atoms with Crippen LogP contribution < -0.4 is 4.74 Å². The van der Waals surface area contributed by atoms with Crippen LogP contribution in [-0.4, -0.2) is 7.11 Å². The summed E-state index contributed by atoms with van der Waals surface area (Å²) >= 11 is 0. The van der Waals surface area contributed by atoms with Gasteiger partial charge in [0.2, 0.25) is 0 Å². The van der Waals surface area contributed by atoms with Gasteiger partial charge < -0.3 is 4.74 Å². The van der Waals surface area contributed by atoms with Crippen LogP contribution in [0.25, 0.3) is 0 Å². The second-order valence-corrected chi connectivity index (χ2v) is 4.59. The standard InChI is InChI=1S/C13H12O/c1-14-7-2-3-8-11(6-7)9-4-5-10-12(8)13(9)10/h2-6,9-10,12-13H,1H3/t9-,10-,12+,13-/m0/s1. The Kier molecular flexibility index (Phi) is 1.04. The SMILES string of the molecule is COc1ccc2c(c1)[C@@H]1C=C[C@H]3[C@@H]2[C@H]31. The minimum atomic E-state index is 0.704. The molecule has 0 saturated heterocycles. The Morgan fingerprint density at radius 3 is 2.93 bits per heavy atom. The quantitative estimate of drug-likeness (QED) is 0.610. The number of benzene rings is 1. The number of allylic oxidation sites excluding steroid dienone is 2. The maximum atomic E-state index is 5.27. The lowest BCUT2D eigenvalue weighted by Crippen LogP contribution is -1.94. The van der Waals surface area contributed by atoms with Gasteiger partial charge in [0.1, 0.15) is 5.75 Å². The zero-order valence-corrected chi connectivity index (χ0v) is 8.10. The number of ether oxygens (including phenoxy) is 1. The molecule has 0 bridgehead atoms. The number of hydrogen-bond donors (Lipinski definition) is 0. The van der Waals surface area contributed by atoms with Crippen molar-refractivity contribution in [1.82, 2.24) is 0 Å². The summed E-state index contributed by atoms with van der Waals surface area (Å²) in [5.74, 6) is 4.35. The van der Waals surface area contributed by atoms with Gasteiger partial charge in [-0.2, -0.15) is 0 Å². The third kappa shape index (κ3) is 0.617. The molecule has 0 unspecified atom stereocenters. The van der Waals surface area contributed by atoms with Gasteiger partial charge in [-0.15, -0.1) is 0 Å². The Bertz CT molecular complexity index is 447. The van der Waals surface area contributed by atoms with Crippen LogP contribution in [0.15, 0.2) is 30.4 Å². The van der Waals surface area contributed by atoms with Crippen molar-refractivity contribution in [3.8, 4) is 5.75 Å². The molecule has 0 aliphatic heterocycles. The summed E-state index contributed by atoms with van der Waals surface area (Å²) in [4.78, 5) is 0. The predicted octanol–water partition coefficient (Wildman–Crippen LogP) is 2.69. The second kappa shape index (κ2) is 2.05. The normalized spacial score (nSPS) is 39.5. The first-order chi connectivity index (χ1) is 6.90. The van der Waals surface area contributed by atoms with Crippen molar-refractivity contribution in [3.63, 3.8) is 0 Å². The van der Waals surface area contributed by atoms with Crippen LogP contribution >= 0.6 is 0 Å². The van der Waals surface area contributed by atoms with Gasteiger partial charge in [-0.1, -0.05) is 18.2 Å². The van der Waals surface area contributed by atoms with E-state index in [0.717, 1.165) is 23.5 Å². The fraction of sp³-hybridized carbons (Fsp3) is 0.385. The van der Waals surface area contributed by atoms with Gasteiger partial charge in [-0.05, 0) is 41.0 Å². The smallest absolute Gasteiger partial charge is 0.119 e. The highest BCUT2D eigenvalue weighted by atomic mass is 16.5. The molecule has 1 saturated carbocycles. The Morgan fingerprint density at radius 1 is 1.14 bits per heavy atom. The maximum Gasteiger partial charge on any atom is 0.119 e. The topological polar surface area (TPSA) is 9.23 Å². The molecule has 0 spiro atoms. The molecule has 1 aromatic rings. The van der Waals surface area contributed by atoms with E-state index in [1.165, 1.54) is 5.56 Å². The summed E-state index contributed by atoms with van der Waals surface area (Å²) in [5.41, 5.74) is 3.10. The molecule has 14 heavy (non-hydrogen) atoms. The minimum absolute atomic E-state index is 0.704. The van der Waals surface area contributed by atoms with E-state index in [-0.39, 0.29) is 0 Å². The summed E-state index contributed by atoms with van der Waals surface area (Å²) in [5, 5.41) is 0.